The number of methoxy groups -OCH3 is 4. The van der Waals surface area contributed by atoms with Crippen molar-refractivity contribution in [2.75, 3.05) is 28.4 Å². The van der Waals surface area contributed by atoms with Crippen LogP contribution in [0.5, 0.6) is 28.7 Å². The minimum atomic E-state index is -0.994. The highest BCUT2D eigenvalue weighted by Crippen LogP contribution is 2.41. The third kappa shape index (κ3) is 6.05. The Labute approximate surface area is 179 Å². The van der Waals surface area contributed by atoms with E-state index in [0.29, 0.717) is 28.4 Å². The molecule has 0 aliphatic heterocycles. The molecule has 0 aliphatic rings. The first-order valence-corrected chi connectivity index (χ1v) is 9.10. The van der Waals surface area contributed by atoms with Crippen LogP contribution in [0.4, 0.5) is 0 Å². The molecule has 2 aromatic rings. The van der Waals surface area contributed by atoms with E-state index in [1.165, 1.54) is 52.7 Å². The van der Waals surface area contributed by atoms with Gasteiger partial charge in [0.25, 0.3) is 0 Å². The van der Waals surface area contributed by atoms with Gasteiger partial charge in [0.2, 0.25) is 5.75 Å². The van der Waals surface area contributed by atoms with Gasteiger partial charge in [0.1, 0.15) is 6.10 Å². The predicted molar refractivity (Wildman–Crippen MR) is 110 cm³/mol. The van der Waals surface area contributed by atoms with Gasteiger partial charge in [0, 0.05) is 11.6 Å². The summed E-state index contributed by atoms with van der Waals surface area (Å²) in [7, 11) is 5.57. The quantitative estimate of drug-likeness (QED) is 0.350. The third-order valence-electron chi connectivity index (χ3n) is 4.31. The van der Waals surface area contributed by atoms with E-state index in [1.807, 2.05) is 0 Å². The zero-order valence-electron chi connectivity index (χ0n) is 17.6. The number of benzene rings is 2. The van der Waals surface area contributed by atoms with Crippen molar-refractivity contribution in [3.63, 3.8) is 0 Å². The van der Waals surface area contributed by atoms with Crippen LogP contribution in [-0.2, 0) is 19.1 Å². The molecule has 0 saturated carbocycles. The van der Waals surface area contributed by atoms with Gasteiger partial charge in [-0.15, -0.1) is 0 Å². The fraction of sp³-hybridized carbons (Fsp3) is 0.273. The topological polar surface area (TPSA) is 121 Å². The van der Waals surface area contributed by atoms with Crippen LogP contribution in [0.3, 0.4) is 0 Å². The number of aromatic hydroxyl groups is 2. The van der Waals surface area contributed by atoms with Crippen molar-refractivity contribution < 1.29 is 43.5 Å². The van der Waals surface area contributed by atoms with E-state index in [4.69, 9.17) is 23.7 Å². The first kappa shape index (κ1) is 23.4. The van der Waals surface area contributed by atoms with E-state index in [9.17, 15) is 19.8 Å². The van der Waals surface area contributed by atoms with Crippen LogP contribution in [0.25, 0.3) is 6.08 Å². The van der Waals surface area contributed by atoms with Crippen LogP contribution in [-0.4, -0.2) is 50.6 Å². The molecule has 0 bridgehead atoms. The molecule has 0 heterocycles. The molecule has 166 valence electrons. The smallest absolute Gasteiger partial charge is 0.331 e. The third-order valence-corrected chi connectivity index (χ3v) is 4.31. The number of carbonyl (C=O) groups is 2. The molecule has 1 atom stereocenters. The molecular weight excluding hydrogens is 408 g/mol. The van der Waals surface area contributed by atoms with Gasteiger partial charge >= 0.3 is 11.9 Å². The summed E-state index contributed by atoms with van der Waals surface area (Å²) in [5.74, 6) is -0.911. The van der Waals surface area contributed by atoms with Crippen molar-refractivity contribution in [1.29, 1.82) is 0 Å². The van der Waals surface area contributed by atoms with Crippen molar-refractivity contribution in [3.8, 4) is 28.7 Å². The standard InChI is InChI=1S/C22H24O9/c1-27-18-10-14(11-19(28-2)22(18)30-4)17(12-21(26)29-3)31-20(25)8-6-13-5-7-15(23)16(24)9-13/h5-11,17,23-24H,12H2,1-4H3/b8-6+. The van der Waals surface area contributed by atoms with Gasteiger partial charge in [0.15, 0.2) is 23.0 Å². The summed E-state index contributed by atoms with van der Waals surface area (Å²) in [4.78, 5) is 24.3. The molecule has 9 heteroatoms. The lowest BCUT2D eigenvalue weighted by molar-refractivity contribution is -0.150. The molecule has 0 saturated heterocycles. The maximum Gasteiger partial charge on any atom is 0.331 e. The molecular formula is C22H24O9. The van der Waals surface area contributed by atoms with Crippen LogP contribution >= 0.6 is 0 Å². The Hall–Kier alpha value is -3.88. The molecule has 0 spiro atoms. The minimum absolute atomic E-state index is 0.241. The van der Waals surface area contributed by atoms with Gasteiger partial charge in [-0.25, -0.2) is 4.79 Å². The maximum absolute atomic E-state index is 12.4. The second-order valence-corrected chi connectivity index (χ2v) is 6.25. The van der Waals surface area contributed by atoms with Gasteiger partial charge in [-0.1, -0.05) is 6.07 Å². The lowest BCUT2D eigenvalue weighted by Gasteiger charge is -2.20. The zero-order valence-corrected chi connectivity index (χ0v) is 17.6. The molecule has 31 heavy (non-hydrogen) atoms. The van der Waals surface area contributed by atoms with E-state index in [1.54, 1.807) is 12.1 Å². The number of hydrogen-bond acceptors (Lipinski definition) is 9. The van der Waals surface area contributed by atoms with Crippen molar-refractivity contribution in [2.24, 2.45) is 0 Å². The van der Waals surface area contributed by atoms with Crippen LogP contribution in [0, 0.1) is 0 Å². The molecule has 2 N–H and O–H groups in total. The number of carbonyl (C=O) groups excluding carboxylic acids is 2. The Morgan fingerprint density at radius 1 is 0.935 bits per heavy atom. The van der Waals surface area contributed by atoms with Crippen molar-refractivity contribution >= 4 is 18.0 Å². The highest BCUT2D eigenvalue weighted by molar-refractivity contribution is 5.87. The normalized spacial score (nSPS) is 11.6. The summed E-state index contributed by atoms with van der Waals surface area (Å²) in [6.07, 6.45) is 1.29. The zero-order chi connectivity index (χ0) is 23.0. The summed E-state index contributed by atoms with van der Waals surface area (Å²) < 4.78 is 26.1. The van der Waals surface area contributed by atoms with Crippen LogP contribution < -0.4 is 14.2 Å². The summed E-state index contributed by atoms with van der Waals surface area (Å²) in [6.45, 7) is 0. The minimum Gasteiger partial charge on any atom is -0.504 e. The predicted octanol–water partition coefficient (Wildman–Crippen LogP) is 2.98. The summed E-state index contributed by atoms with van der Waals surface area (Å²) in [5.41, 5.74) is 0.897. The first-order chi connectivity index (χ1) is 14.8. The molecule has 0 fully saturated rings. The fourth-order valence-corrected chi connectivity index (χ4v) is 2.74. The molecule has 0 aromatic heterocycles. The van der Waals surface area contributed by atoms with Crippen LogP contribution in [0.2, 0.25) is 0 Å². The summed E-state index contributed by atoms with van der Waals surface area (Å²) in [5, 5.41) is 18.9. The molecule has 0 aliphatic carbocycles. The summed E-state index contributed by atoms with van der Waals surface area (Å²) in [6, 6.07) is 7.22. The van der Waals surface area contributed by atoms with Crippen molar-refractivity contribution in [1.82, 2.24) is 0 Å². The van der Waals surface area contributed by atoms with E-state index in [-0.39, 0.29) is 17.9 Å². The number of phenolic OH excluding ortho intramolecular Hbond substituents is 2. The van der Waals surface area contributed by atoms with E-state index in [2.05, 4.69) is 0 Å². The number of ether oxygens (including phenoxy) is 5. The molecule has 1 unspecified atom stereocenters. The number of hydrogen-bond donors (Lipinski definition) is 2. The average molecular weight is 432 g/mol. The lowest BCUT2D eigenvalue weighted by atomic mass is 10.0. The Bertz CT molecular complexity index is 940. The second-order valence-electron chi connectivity index (χ2n) is 6.25. The van der Waals surface area contributed by atoms with Gasteiger partial charge < -0.3 is 33.9 Å². The Kier molecular flexibility index (Phi) is 8.13. The molecule has 9 nitrogen and oxygen atoms in total. The number of rotatable bonds is 9. The number of phenols is 2. The Morgan fingerprint density at radius 2 is 1.58 bits per heavy atom. The lowest BCUT2D eigenvalue weighted by Crippen LogP contribution is -2.15. The fourth-order valence-electron chi connectivity index (χ4n) is 2.74. The summed E-state index contributed by atoms with van der Waals surface area (Å²) >= 11 is 0. The van der Waals surface area contributed by atoms with E-state index < -0.39 is 18.0 Å². The maximum atomic E-state index is 12.4. The first-order valence-electron chi connectivity index (χ1n) is 9.10. The Balaban J connectivity index is 2.31. The van der Waals surface area contributed by atoms with E-state index >= 15 is 0 Å². The SMILES string of the molecule is COC(=O)CC(OC(=O)/C=C/c1ccc(O)c(O)c1)c1cc(OC)c(OC)c(OC)c1. The van der Waals surface area contributed by atoms with E-state index in [0.717, 1.165) is 6.08 Å². The highest BCUT2D eigenvalue weighted by Gasteiger charge is 2.24. The Morgan fingerprint density at radius 3 is 2.10 bits per heavy atom. The van der Waals surface area contributed by atoms with Gasteiger partial charge in [-0.3, -0.25) is 4.79 Å². The molecule has 0 radical (unpaired) electrons. The second kappa shape index (κ2) is 10.8. The molecule has 2 aromatic carbocycles. The molecule has 0 amide bonds. The van der Waals surface area contributed by atoms with Crippen LogP contribution in [0.1, 0.15) is 23.7 Å². The largest absolute Gasteiger partial charge is 0.504 e. The van der Waals surface area contributed by atoms with Crippen molar-refractivity contribution in [2.45, 2.75) is 12.5 Å². The number of esters is 2. The highest BCUT2D eigenvalue weighted by atomic mass is 16.6. The average Bonchev–Trinajstić information content (AvgIpc) is 2.78. The van der Waals surface area contributed by atoms with Crippen LogP contribution in [0.15, 0.2) is 36.4 Å². The van der Waals surface area contributed by atoms with Gasteiger partial charge in [-0.05, 0) is 35.9 Å². The molecule has 2 rings (SSSR count). The van der Waals surface area contributed by atoms with Crippen molar-refractivity contribution in [3.05, 3.63) is 47.5 Å². The van der Waals surface area contributed by atoms with Gasteiger partial charge in [-0.2, -0.15) is 0 Å². The van der Waals surface area contributed by atoms with Gasteiger partial charge in [0.05, 0.1) is 34.9 Å². The monoisotopic (exact) mass is 432 g/mol.